The summed E-state index contributed by atoms with van der Waals surface area (Å²) in [4.78, 5) is 27.8. The van der Waals surface area contributed by atoms with Crippen LogP contribution in [-0.2, 0) is 18.3 Å². The van der Waals surface area contributed by atoms with Gasteiger partial charge >= 0.3 is 0 Å². The molecule has 0 bridgehead atoms. The minimum absolute atomic E-state index is 0.00542. The average Bonchev–Trinajstić information content (AvgIpc) is 2.87. The number of benzene rings is 1. The maximum Gasteiger partial charge on any atom is 0.272 e. The molecule has 0 aliphatic carbocycles. The molecule has 0 spiro atoms. The van der Waals surface area contributed by atoms with Gasteiger partial charge < -0.3 is 9.88 Å². The molecular weight excluding hydrogens is 326 g/mol. The van der Waals surface area contributed by atoms with Crippen LogP contribution >= 0.6 is 11.6 Å². The van der Waals surface area contributed by atoms with E-state index in [2.05, 4.69) is 10.3 Å². The lowest BCUT2D eigenvalue weighted by Crippen LogP contribution is -2.16. The van der Waals surface area contributed by atoms with Gasteiger partial charge in [0.1, 0.15) is 11.5 Å². The number of halogens is 1. The van der Waals surface area contributed by atoms with Gasteiger partial charge in [-0.1, -0.05) is 29.8 Å². The number of carbonyl (C=O) groups is 2. The van der Waals surface area contributed by atoms with Crippen LogP contribution in [0.1, 0.15) is 23.1 Å². The lowest BCUT2D eigenvalue weighted by Gasteiger charge is -2.09. The Hall–Kier alpha value is -2.66. The van der Waals surface area contributed by atoms with Crippen LogP contribution in [0.3, 0.4) is 0 Å². The van der Waals surface area contributed by atoms with Gasteiger partial charge in [0.25, 0.3) is 5.91 Å². The van der Waals surface area contributed by atoms with Gasteiger partial charge in [0.15, 0.2) is 5.15 Å². The Balaban J connectivity index is 1.86. The normalized spacial score (nSPS) is 10.8. The third kappa shape index (κ3) is 3.16. The molecule has 1 N–H and O–H groups in total. The van der Waals surface area contributed by atoms with E-state index in [-0.39, 0.29) is 23.3 Å². The molecule has 2 heterocycles. The van der Waals surface area contributed by atoms with E-state index in [1.807, 2.05) is 41.9 Å². The topological polar surface area (TPSA) is 64.0 Å². The maximum atomic E-state index is 12.5. The molecule has 0 saturated heterocycles. The highest BCUT2D eigenvalue weighted by Gasteiger charge is 2.15. The zero-order valence-corrected chi connectivity index (χ0v) is 14.1. The van der Waals surface area contributed by atoms with Gasteiger partial charge in [-0.2, -0.15) is 0 Å². The van der Waals surface area contributed by atoms with E-state index in [1.165, 1.54) is 6.92 Å². The second-order valence-corrected chi connectivity index (χ2v) is 5.98. The van der Waals surface area contributed by atoms with Crippen molar-refractivity contribution in [2.45, 2.75) is 13.3 Å². The van der Waals surface area contributed by atoms with Crippen LogP contribution in [0.15, 0.2) is 42.5 Å². The highest BCUT2D eigenvalue weighted by molar-refractivity contribution is 6.32. The second-order valence-electron chi connectivity index (χ2n) is 5.62. The Bertz CT molecular complexity index is 947. The summed E-state index contributed by atoms with van der Waals surface area (Å²) in [5.41, 5.74) is 2.50. The Morgan fingerprint density at radius 2 is 1.96 bits per heavy atom. The fourth-order valence-electron chi connectivity index (χ4n) is 2.61. The number of pyridine rings is 1. The van der Waals surface area contributed by atoms with Crippen molar-refractivity contribution in [3.63, 3.8) is 0 Å². The summed E-state index contributed by atoms with van der Waals surface area (Å²) >= 11 is 6.12. The summed E-state index contributed by atoms with van der Waals surface area (Å²) in [6.45, 7) is 1.49. The van der Waals surface area contributed by atoms with E-state index in [0.717, 1.165) is 10.9 Å². The van der Waals surface area contributed by atoms with Crippen molar-refractivity contribution >= 4 is 39.9 Å². The third-order valence-electron chi connectivity index (χ3n) is 3.77. The standard InChI is InChI=1S/C18H16ClN3O2/c1-11(23)9-13-7-8-14(17(19)20-13)21-18(24)16-10-12-5-3-4-6-15(12)22(16)2/h3-8,10H,9H2,1-2H3,(H,21,24). The Morgan fingerprint density at radius 3 is 2.62 bits per heavy atom. The number of fused-ring (bicyclic) bond motifs is 1. The number of Topliss-reactive ketones (excluding diaryl/α,β-unsaturated/α-hetero) is 1. The van der Waals surface area contributed by atoms with Gasteiger partial charge in [-0.15, -0.1) is 0 Å². The summed E-state index contributed by atoms with van der Waals surface area (Å²) < 4.78 is 1.83. The fraction of sp³-hybridized carbons (Fsp3) is 0.167. The number of amides is 1. The van der Waals surface area contributed by atoms with E-state index in [0.29, 0.717) is 17.1 Å². The number of nitrogens with zero attached hydrogens (tertiary/aromatic N) is 2. The molecule has 5 nitrogen and oxygen atoms in total. The van der Waals surface area contributed by atoms with Gasteiger partial charge in [0, 0.05) is 30.1 Å². The predicted molar refractivity (Wildman–Crippen MR) is 94.5 cm³/mol. The van der Waals surface area contributed by atoms with Gasteiger partial charge in [-0.3, -0.25) is 9.59 Å². The van der Waals surface area contributed by atoms with Crippen LogP contribution in [0.2, 0.25) is 5.15 Å². The Morgan fingerprint density at radius 1 is 1.21 bits per heavy atom. The van der Waals surface area contributed by atoms with Gasteiger partial charge in [0.05, 0.1) is 5.69 Å². The number of para-hydroxylation sites is 1. The van der Waals surface area contributed by atoms with Crippen molar-refractivity contribution in [2.24, 2.45) is 7.05 Å². The Labute approximate surface area is 144 Å². The summed E-state index contributed by atoms with van der Waals surface area (Å²) in [6.07, 6.45) is 0.219. The molecule has 0 aliphatic heterocycles. The highest BCUT2D eigenvalue weighted by atomic mass is 35.5. The summed E-state index contributed by atoms with van der Waals surface area (Å²) in [7, 11) is 1.84. The first-order valence-corrected chi connectivity index (χ1v) is 7.84. The molecule has 6 heteroatoms. The number of aromatic nitrogens is 2. The van der Waals surface area contributed by atoms with E-state index >= 15 is 0 Å². The van der Waals surface area contributed by atoms with Gasteiger partial charge in [-0.25, -0.2) is 4.98 Å². The van der Waals surface area contributed by atoms with Crippen molar-refractivity contribution in [3.8, 4) is 0 Å². The molecule has 0 radical (unpaired) electrons. The molecule has 0 unspecified atom stereocenters. The lowest BCUT2D eigenvalue weighted by atomic mass is 10.2. The van der Waals surface area contributed by atoms with Crippen molar-refractivity contribution < 1.29 is 9.59 Å². The zero-order valence-electron chi connectivity index (χ0n) is 13.3. The zero-order chi connectivity index (χ0) is 17.3. The van der Waals surface area contributed by atoms with Crippen LogP contribution in [0.25, 0.3) is 10.9 Å². The maximum absolute atomic E-state index is 12.5. The van der Waals surface area contributed by atoms with Crippen molar-refractivity contribution in [1.82, 2.24) is 9.55 Å². The van der Waals surface area contributed by atoms with Crippen LogP contribution in [-0.4, -0.2) is 21.2 Å². The number of nitrogens with one attached hydrogen (secondary N) is 1. The molecule has 0 saturated carbocycles. The number of anilines is 1. The number of aryl methyl sites for hydroxylation is 1. The molecule has 3 rings (SSSR count). The largest absolute Gasteiger partial charge is 0.340 e. The highest BCUT2D eigenvalue weighted by Crippen LogP contribution is 2.23. The molecular formula is C18H16ClN3O2. The first-order valence-electron chi connectivity index (χ1n) is 7.46. The Kier molecular flexibility index (Phi) is 4.36. The first kappa shape index (κ1) is 16.2. The number of carbonyl (C=O) groups excluding carboxylic acids is 2. The number of hydrogen-bond donors (Lipinski definition) is 1. The van der Waals surface area contributed by atoms with E-state index in [1.54, 1.807) is 12.1 Å². The minimum Gasteiger partial charge on any atom is -0.340 e. The summed E-state index contributed by atoms with van der Waals surface area (Å²) in [6, 6.07) is 12.9. The molecule has 1 aromatic carbocycles. The summed E-state index contributed by atoms with van der Waals surface area (Å²) in [5.74, 6) is -0.262. The number of hydrogen-bond acceptors (Lipinski definition) is 3. The van der Waals surface area contributed by atoms with E-state index in [4.69, 9.17) is 11.6 Å². The third-order valence-corrected chi connectivity index (χ3v) is 4.06. The average molecular weight is 342 g/mol. The number of ketones is 1. The predicted octanol–water partition coefficient (Wildman–Crippen LogP) is 3.61. The fourth-order valence-corrected chi connectivity index (χ4v) is 2.83. The molecule has 3 aromatic rings. The van der Waals surface area contributed by atoms with Crippen LogP contribution in [0.5, 0.6) is 0 Å². The minimum atomic E-state index is -0.267. The molecule has 2 aromatic heterocycles. The van der Waals surface area contributed by atoms with Gasteiger partial charge in [-0.05, 0) is 31.2 Å². The second kappa shape index (κ2) is 6.45. The smallest absolute Gasteiger partial charge is 0.272 e. The molecule has 0 fully saturated rings. The van der Waals surface area contributed by atoms with E-state index in [9.17, 15) is 9.59 Å². The number of rotatable bonds is 4. The molecule has 0 aliphatic rings. The quantitative estimate of drug-likeness (QED) is 0.737. The van der Waals surface area contributed by atoms with Crippen molar-refractivity contribution in [2.75, 3.05) is 5.32 Å². The molecule has 1 amide bonds. The molecule has 0 atom stereocenters. The summed E-state index contributed by atoms with van der Waals surface area (Å²) in [5, 5.41) is 3.93. The van der Waals surface area contributed by atoms with Gasteiger partial charge in [0.2, 0.25) is 0 Å². The van der Waals surface area contributed by atoms with Crippen LogP contribution < -0.4 is 5.32 Å². The van der Waals surface area contributed by atoms with Crippen LogP contribution in [0.4, 0.5) is 5.69 Å². The van der Waals surface area contributed by atoms with Crippen LogP contribution in [0, 0.1) is 0 Å². The SMILES string of the molecule is CC(=O)Cc1ccc(NC(=O)c2cc3ccccc3n2C)c(Cl)n1. The lowest BCUT2D eigenvalue weighted by molar-refractivity contribution is -0.116. The van der Waals surface area contributed by atoms with E-state index < -0.39 is 0 Å². The monoisotopic (exact) mass is 341 g/mol. The molecule has 24 heavy (non-hydrogen) atoms. The first-order chi connectivity index (χ1) is 11.5. The van der Waals surface area contributed by atoms with Crippen molar-refractivity contribution in [3.05, 3.63) is 59.0 Å². The van der Waals surface area contributed by atoms with Crippen molar-refractivity contribution in [1.29, 1.82) is 0 Å². The molecule has 122 valence electrons.